The maximum absolute atomic E-state index is 5.46. The van der Waals surface area contributed by atoms with Crippen LogP contribution in [0.4, 0.5) is 0 Å². The van der Waals surface area contributed by atoms with Gasteiger partial charge in [-0.3, -0.25) is 0 Å². The lowest BCUT2D eigenvalue weighted by Gasteiger charge is -2.15. The molecule has 0 amide bonds. The molecule has 1 N–H and O–H groups in total. The van der Waals surface area contributed by atoms with Crippen molar-refractivity contribution in [2.45, 2.75) is 13.0 Å². The van der Waals surface area contributed by atoms with Crippen LogP contribution in [0.2, 0.25) is 0 Å². The number of hydrogen-bond donors (Lipinski definition) is 1. The van der Waals surface area contributed by atoms with E-state index in [1.165, 1.54) is 17.0 Å². The van der Waals surface area contributed by atoms with Crippen molar-refractivity contribution in [3.8, 4) is 17.0 Å². The molecule has 3 heteroatoms. The molecule has 0 bridgehead atoms. The maximum Gasteiger partial charge on any atom is 0.128 e. The highest BCUT2D eigenvalue weighted by Crippen LogP contribution is 2.33. The molecule has 0 aliphatic carbocycles. The minimum Gasteiger partial charge on any atom is -0.496 e. The number of methoxy groups -OCH3 is 1. The lowest BCUT2D eigenvalue weighted by Crippen LogP contribution is -2.24. The molecule has 0 spiro atoms. The first-order valence-electron chi connectivity index (χ1n) is 6.33. The SMILES string of the molecule is COc1ccccc1-c1cc2c(n1C)CNCC2. The summed E-state index contributed by atoms with van der Waals surface area (Å²) in [5.41, 5.74) is 5.25. The number of para-hydroxylation sites is 1. The molecule has 3 nitrogen and oxygen atoms in total. The average molecular weight is 242 g/mol. The van der Waals surface area contributed by atoms with Crippen LogP contribution in [-0.2, 0) is 20.0 Å². The lowest BCUT2D eigenvalue weighted by atomic mass is 10.1. The van der Waals surface area contributed by atoms with Gasteiger partial charge in [-0.05, 0) is 36.7 Å². The van der Waals surface area contributed by atoms with Crippen molar-refractivity contribution in [2.24, 2.45) is 7.05 Å². The third-order valence-corrected chi connectivity index (χ3v) is 3.69. The topological polar surface area (TPSA) is 26.2 Å². The van der Waals surface area contributed by atoms with Crippen LogP contribution in [-0.4, -0.2) is 18.2 Å². The summed E-state index contributed by atoms with van der Waals surface area (Å²) in [6, 6.07) is 10.5. The second kappa shape index (κ2) is 4.50. The number of nitrogens with one attached hydrogen (secondary N) is 1. The first-order chi connectivity index (χ1) is 8.81. The Morgan fingerprint density at radius 2 is 2.11 bits per heavy atom. The Morgan fingerprint density at radius 3 is 2.89 bits per heavy atom. The number of ether oxygens (including phenoxy) is 1. The number of fused-ring (bicyclic) bond motifs is 1. The summed E-state index contributed by atoms with van der Waals surface area (Å²) < 4.78 is 7.73. The zero-order valence-corrected chi connectivity index (χ0v) is 10.9. The Kier molecular flexibility index (Phi) is 2.84. The summed E-state index contributed by atoms with van der Waals surface area (Å²) in [6.07, 6.45) is 1.11. The molecule has 0 saturated heterocycles. The highest BCUT2D eigenvalue weighted by atomic mass is 16.5. The zero-order valence-electron chi connectivity index (χ0n) is 10.9. The van der Waals surface area contributed by atoms with Crippen LogP contribution in [0.3, 0.4) is 0 Å². The number of aromatic nitrogens is 1. The molecule has 1 aliphatic heterocycles. The largest absolute Gasteiger partial charge is 0.496 e. The molecule has 3 rings (SSSR count). The predicted molar refractivity (Wildman–Crippen MR) is 72.8 cm³/mol. The van der Waals surface area contributed by atoms with E-state index in [0.717, 1.165) is 30.8 Å². The van der Waals surface area contributed by atoms with Gasteiger partial charge in [0.15, 0.2) is 0 Å². The Hall–Kier alpha value is -1.74. The van der Waals surface area contributed by atoms with Crippen LogP contribution in [0.5, 0.6) is 5.75 Å². The number of nitrogens with zero attached hydrogens (tertiary/aromatic N) is 1. The van der Waals surface area contributed by atoms with E-state index in [0.29, 0.717) is 0 Å². The van der Waals surface area contributed by atoms with E-state index < -0.39 is 0 Å². The average Bonchev–Trinajstić information content (AvgIpc) is 2.76. The van der Waals surface area contributed by atoms with Gasteiger partial charge in [0.25, 0.3) is 0 Å². The van der Waals surface area contributed by atoms with Crippen molar-refractivity contribution in [1.29, 1.82) is 0 Å². The van der Waals surface area contributed by atoms with Crippen LogP contribution in [0.1, 0.15) is 11.3 Å². The van der Waals surface area contributed by atoms with Gasteiger partial charge in [0, 0.05) is 24.8 Å². The standard InChI is InChI=1S/C15H18N2O/c1-17-13(9-11-7-8-16-10-14(11)17)12-5-3-4-6-15(12)18-2/h3-6,9,16H,7-8,10H2,1-2H3. The van der Waals surface area contributed by atoms with Gasteiger partial charge in [-0.2, -0.15) is 0 Å². The number of hydrogen-bond acceptors (Lipinski definition) is 2. The van der Waals surface area contributed by atoms with Gasteiger partial charge in [-0.1, -0.05) is 12.1 Å². The van der Waals surface area contributed by atoms with Crippen LogP contribution in [0.15, 0.2) is 30.3 Å². The monoisotopic (exact) mass is 242 g/mol. The minimum atomic E-state index is 0.934. The number of benzene rings is 1. The fourth-order valence-corrected chi connectivity index (χ4v) is 2.70. The third kappa shape index (κ3) is 1.71. The third-order valence-electron chi connectivity index (χ3n) is 3.69. The Balaban J connectivity index is 2.14. The van der Waals surface area contributed by atoms with E-state index in [1.54, 1.807) is 7.11 Å². The van der Waals surface area contributed by atoms with Crippen molar-refractivity contribution in [3.63, 3.8) is 0 Å². The van der Waals surface area contributed by atoms with Crippen LogP contribution in [0, 0.1) is 0 Å². The smallest absolute Gasteiger partial charge is 0.128 e. The normalized spacial score (nSPS) is 14.3. The summed E-state index contributed by atoms with van der Waals surface area (Å²) in [4.78, 5) is 0. The van der Waals surface area contributed by atoms with Gasteiger partial charge in [0.2, 0.25) is 0 Å². The molecule has 1 aromatic heterocycles. The van der Waals surface area contributed by atoms with Crippen LogP contribution >= 0.6 is 0 Å². The fourth-order valence-electron chi connectivity index (χ4n) is 2.70. The minimum absolute atomic E-state index is 0.934. The fraction of sp³-hybridized carbons (Fsp3) is 0.333. The van der Waals surface area contributed by atoms with Gasteiger partial charge in [-0.25, -0.2) is 0 Å². The molecule has 0 atom stereocenters. The molecule has 0 unspecified atom stereocenters. The van der Waals surface area contributed by atoms with Crippen molar-refractivity contribution >= 4 is 0 Å². The molecule has 2 aromatic rings. The number of rotatable bonds is 2. The van der Waals surface area contributed by atoms with Crippen molar-refractivity contribution in [2.75, 3.05) is 13.7 Å². The highest BCUT2D eigenvalue weighted by molar-refractivity contribution is 5.69. The molecule has 18 heavy (non-hydrogen) atoms. The first-order valence-corrected chi connectivity index (χ1v) is 6.33. The van der Waals surface area contributed by atoms with Gasteiger partial charge in [-0.15, -0.1) is 0 Å². The Bertz CT molecular complexity index is 572. The molecule has 0 saturated carbocycles. The molecule has 0 radical (unpaired) electrons. The summed E-state index contributed by atoms with van der Waals surface area (Å²) >= 11 is 0. The zero-order chi connectivity index (χ0) is 12.5. The van der Waals surface area contributed by atoms with E-state index in [2.05, 4.69) is 35.1 Å². The van der Waals surface area contributed by atoms with Gasteiger partial charge in [0.05, 0.1) is 12.8 Å². The second-order valence-corrected chi connectivity index (χ2v) is 4.69. The van der Waals surface area contributed by atoms with Crippen LogP contribution < -0.4 is 10.1 Å². The molecular formula is C15H18N2O. The lowest BCUT2D eigenvalue weighted by molar-refractivity contribution is 0.416. The summed E-state index contributed by atoms with van der Waals surface area (Å²) in [5, 5.41) is 3.42. The van der Waals surface area contributed by atoms with E-state index in [9.17, 15) is 0 Å². The molecule has 94 valence electrons. The van der Waals surface area contributed by atoms with Gasteiger partial charge >= 0.3 is 0 Å². The first kappa shape index (κ1) is 11.4. The Labute approximate surface area is 107 Å². The van der Waals surface area contributed by atoms with Crippen molar-refractivity contribution in [3.05, 3.63) is 41.6 Å². The van der Waals surface area contributed by atoms with E-state index in [1.807, 2.05) is 12.1 Å². The molecular weight excluding hydrogens is 224 g/mol. The maximum atomic E-state index is 5.46. The predicted octanol–water partition coefficient (Wildman–Crippen LogP) is 2.35. The van der Waals surface area contributed by atoms with Crippen LogP contribution in [0.25, 0.3) is 11.3 Å². The van der Waals surface area contributed by atoms with Gasteiger partial charge in [0.1, 0.15) is 5.75 Å². The highest BCUT2D eigenvalue weighted by Gasteiger charge is 2.18. The van der Waals surface area contributed by atoms with Crippen molar-refractivity contribution in [1.82, 2.24) is 9.88 Å². The molecule has 2 heterocycles. The molecule has 1 aromatic carbocycles. The van der Waals surface area contributed by atoms with E-state index in [4.69, 9.17) is 4.74 Å². The molecule has 1 aliphatic rings. The summed E-state index contributed by atoms with van der Waals surface area (Å²) in [5.74, 6) is 0.934. The summed E-state index contributed by atoms with van der Waals surface area (Å²) in [7, 11) is 3.86. The van der Waals surface area contributed by atoms with Gasteiger partial charge < -0.3 is 14.6 Å². The van der Waals surface area contributed by atoms with E-state index in [-0.39, 0.29) is 0 Å². The quantitative estimate of drug-likeness (QED) is 0.875. The Morgan fingerprint density at radius 1 is 1.28 bits per heavy atom. The van der Waals surface area contributed by atoms with E-state index >= 15 is 0 Å². The summed E-state index contributed by atoms with van der Waals surface area (Å²) in [6.45, 7) is 2.03. The van der Waals surface area contributed by atoms with Crippen molar-refractivity contribution < 1.29 is 4.74 Å². The molecule has 0 fully saturated rings. The second-order valence-electron chi connectivity index (χ2n) is 4.69.